The average molecular weight is 275 g/mol. The number of carbonyl (C=O) groups is 1. The van der Waals surface area contributed by atoms with Crippen molar-refractivity contribution in [2.75, 3.05) is 7.11 Å². The summed E-state index contributed by atoms with van der Waals surface area (Å²) >= 11 is 0. The largest absolute Gasteiger partial charge is 0.481 e. The molecule has 4 nitrogen and oxygen atoms in total. The molecule has 0 saturated heterocycles. The van der Waals surface area contributed by atoms with E-state index in [-0.39, 0.29) is 6.42 Å². The quantitative estimate of drug-likeness (QED) is 0.911. The Hall–Kier alpha value is -2.43. The van der Waals surface area contributed by atoms with Crippen LogP contribution in [-0.2, 0) is 11.2 Å². The first-order valence-corrected chi connectivity index (χ1v) is 6.08. The maximum atomic E-state index is 12.9. The number of carboxylic acid groups (broad SMARTS) is 1. The van der Waals surface area contributed by atoms with Crippen LogP contribution in [0.25, 0.3) is 0 Å². The van der Waals surface area contributed by atoms with Crippen LogP contribution in [0.1, 0.15) is 17.0 Å². The molecular weight excluding hydrogens is 261 g/mol. The minimum Gasteiger partial charge on any atom is -0.481 e. The molecule has 0 aliphatic rings. The van der Waals surface area contributed by atoms with Crippen molar-refractivity contribution in [1.82, 2.24) is 4.98 Å². The summed E-state index contributed by atoms with van der Waals surface area (Å²) in [5, 5.41) is 9.37. The van der Waals surface area contributed by atoms with Gasteiger partial charge in [-0.2, -0.15) is 0 Å². The van der Waals surface area contributed by atoms with Gasteiger partial charge in [-0.1, -0.05) is 18.2 Å². The molecule has 1 aromatic heterocycles. The minimum atomic E-state index is -0.970. The fourth-order valence-corrected chi connectivity index (χ4v) is 2.03. The molecule has 0 amide bonds. The van der Waals surface area contributed by atoms with Gasteiger partial charge in [-0.25, -0.2) is 9.37 Å². The Morgan fingerprint density at radius 2 is 2.05 bits per heavy atom. The van der Waals surface area contributed by atoms with Gasteiger partial charge in [0, 0.05) is 11.8 Å². The molecule has 1 aromatic carbocycles. The Morgan fingerprint density at radius 1 is 1.35 bits per heavy atom. The molecule has 1 unspecified atom stereocenters. The average Bonchev–Trinajstić information content (AvgIpc) is 2.46. The lowest BCUT2D eigenvalue weighted by Crippen LogP contribution is -2.15. The van der Waals surface area contributed by atoms with Crippen molar-refractivity contribution in [2.24, 2.45) is 0 Å². The number of hydrogen-bond donors (Lipinski definition) is 1. The molecule has 0 saturated carbocycles. The van der Waals surface area contributed by atoms with E-state index in [0.29, 0.717) is 17.0 Å². The molecule has 1 N–H and O–H groups in total. The van der Waals surface area contributed by atoms with Crippen molar-refractivity contribution in [3.05, 3.63) is 59.5 Å². The Balaban J connectivity index is 2.30. The normalized spacial score (nSPS) is 11.9. The lowest BCUT2D eigenvalue weighted by atomic mass is 9.92. The van der Waals surface area contributed by atoms with E-state index in [9.17, 15) is 14.3 Å². The van der Waals surface area contributed by atoms with Crippen molar-refractivity contribution < 1.29 is 19.0 Å². The van der Waals surface area contributed by atoms with Crippen molar-refractivity contribution in [2.45, 2.75) is 12.3 Å². The molecular formula is C15H14FNO3. The fourth-order valence-electron chi connectivity index (χ4n) is 2.03. The van der Waals surface area contributed by atoms with Crippen molar-refractivity contribution in [3.8, 4) is 5.88 Å². The summed E-state index contributed by atoms with van der Waals surface area (Å²) < 4.78 is 18.0. The van der Waals surface area contributed by atoms with E-state index in [1.54, 1.807) is 18.3 Å². The number of methoxy groups -OCH3 is 1. The van der Waals surface area contributed by atoms with Crippen LogP contribution in [-0.4, -0.2) is 23.2 Å². The van der Waals surface area contributed by atoms with Crippen molar-refractivity contribution in [1.29, 1.82) is 0 Å². The summed E-state index contributed by atoms with van der Waals surface area (Å²) in [7, 11) is 1.49. The second-order valence-corrected chi connectivity index (χ2v) is 4.32. The number of halogens is 1. The summed E-state index contributed by atoms with van der Waals surface area (Å²) in [6.07, 6.45) is 1.81. The number of benzene rings is 1. The Bertz CT molecular complexity index is 598. The van der Waals surface area contributed by atoms with Gasteiger partial charge in [-0.05, 0) is 30.2 Å². The molecule has 0 radical (unpaired) electrons. The first-order chi connectivity index (χ1) is 9.61. The number of aliphatic carboxylic acids is 1. The number of rotatable bonds is 5. The van der Waals surface area contributed by atoms with Crippen LogP contribution in [0.3, 0.4) is 0 Å². The van der Waals surface area contributed by atoms with Gasteiger partial charge < -0.3 is 9.84 Å². The third-order valence-corrected chi connectivity index (χ3v) is 3.04. The lowest BCUT2D eigenvalue weighted by molar-refractivity contribution is -0.138. The first-order valence-electron chi connectivity index (χ1n) is 6.08. The van der Waals surface area contributed by atoms with Gasteiger partial charge in [0.15, 0.2) is 0 Å². The smallest absolute Gasteiger partial charge is 0.311 e. The predicted octanol–water partition coefficient (Wildman–Crippen LogP) is 2.64. The molecule has 0 bridgehead atoms. The molecule has 1 heterocycles. The van der Waals surface area contributed by atoms with Gasteiger partial charge in [-0.15, -0.1) is 0 Å². The topological polar surface area (TPSA) is 59.4 Å². The van der Waals surface area contributed by atoms with Crippen LogP contribution in [0.2, 0.25) is 0 Å². The van der Waals surface area contributed by atoms with Crippen LogP contribution in [0.15, 0.2) is 42.6 Å². The summed E-state index contributed by atoms with van der Waals surface area (Å²) in [4.78, 5) is 15.5. The van der Waals surface area contributed by atoms with Gasteiger partial charge in [0.2, 0.25) is 5.88 Å². The maximum Gasteiger partial charge on any atom is 0.311 e. The lowest BCUT2D eigenvalue weighted by Gasteiger charge is -2.14. The fraction of sp³-hybridized carbons (Fsp3) is 0.200. The number of nitrogens with zero attached hydrogens (tertiary/aromatic N) is 1. The Morgan fingerprint density at radius 3 is 2.65 bits per heavy atom. The Kier molecular flexibility index (Phi) is 4.30. The van der Waals surface area contributed by atoms with Gasteiger partial charge in [0.05, 0.1) is 13.0 Å². The minimum absolute atomic E-state index is 0.234. The van der Waals surface area contributed by atoms with Crippen LogP contribution in [0, 0.1) is 5.82 Å². The number of hydrogen-bond acceptors (Lipinski definition) is 3. The highest BCUT2D eigenvalue weighted by Crippen LogP contribution is 2.25. The van der Waals surface area contributed by atoms with Gasteiger partial charge >= 0.3 is 5.97 Å². The highest BCUT2D eigenvalue weighted by atomic mass is 19.1. The highest BCUT2D eigenvalue weighted by Gasteiger charge is 2.22. The zero-order valence-corrected chi connectivity index (χ0v) is 10.9. The zero-order valence-electron chi connectivity index (χ0n) is 10.9. The first kappa shape index (κ1) is 14.0. The van der Waals surface area contributed by atoms with E-state index in [1.807, 2.05) is 0 Å². The molecule has 0 aliphatic carbocycles. The second kappa shape index (κ2) is 6.14. The predicted molar refractivity (Wildman–Crippen MR) is 71.3 cm³/mol. The number of pyridine rings is 1. The molecule has 5 heteroatoms. The van der Waals surface area contributed by atoms with Crippen molar-refractivity contribution in [3.63, 3.8) is 0 Å². The zero-order chi connectivity index (χ0) is 14.5. The highest BCUT2D eigenvalue weighted by molar-refractivity contribution is 5.76. The summed E-state index contributed by atoms with van der Waals surface area (Å²) in [5.41, 5.74) is 1.25. The van der Waals surface area contributed by atoms with Crippen LogP contribution in [0.5, 0.6) is 5.88 Å². The molecule has 1 atom stereocenters. The molecule has 2 aromatic rings. The monoisotopic (exact) mass is 275 g/mol. The standard InChI is InChI=1S/C15H14FNO3/c1-20-14-11(3-2-8-17-14)9-13(15(18)19)10-4-6-12(16)7-5-10/h2-8,13H,9H2,1H3,(H,18,19). The maximum absolute atomic E-state index is 12.9. The number of carboxylic acids is 1. The third kappa shape index (κ3) is 3.12. The van der Waals surface area contributed by atoms with Gasteiger partial charge in [0.25, 0.3) is 0 Å². The molecule has 20 heavy (non-hydrogen) atoms. The molecule has 104 valence electrons. The summed E-state index contributed by atoms with van der Waals surface area (Å²) in [6.45, 7) is 0. The third-order valence-electron chi connectivity index (χ3n) is 3.04. The van der Waals surface area contributed by atoms with Crippen LogP contribution >= 0.6 is 0 Å². The Labute approximate surface area is 115 Å². The number of ether oxygens (including phenoxy) is 1. The summed E-state index contributed by atoms with van der Waals surface area (Å²) in [6, 6.07) is 8.97. The van der Waals surface area contributed by atoms with Crippen LogP contribution in [0.4, 0.5) is 4.39 Å². The van der Waals surface area contributed by atoms with Crippen molar-refractivity contribution >= 4 is 5.97 Å². The molecule has 0 fully saturated rings. The molecule has 2 rings (SSSR count). The van der Waals surface area contributed by atoms with E-state index in [0.717, 1.165) is 0 Å². The molecule has 0 aliphatic heterocycles. The number of aromatic nitrogens is 1. The van der Waals surface area contributed by atoms with Gasteiger partial charge in [0.1, 0.15) is 5.82 Å². The van der Waals surface area contributed by atoms with E-state index < -0.39 is 17.7 Å². The summed E-state index contributed by atoms with van der Waals surface area (Å²) in [5.74, 6) is -1.73. The molecule has 0 spiro atoms. The van der Waals surface area contributed by atoms with E-state index in [2.05, 4.69) is 4.98 Å². The second-order valence-electron chi connectivity index (χ2n) is 4.32. The van der Waals surface area contributed by atoms with E-state index in [1.165, 1.54) is 31.4 Å². The SMILES string of the molecule is COc1ncccc1CC(C(=O)O)c1ccc(F)cc1. The van der Waals surface area contributed by atoms with Crippen LogP contribution < -0.4 is 4.74 Å². The van der Waals surface area contributed by atoms with Gasteiger partial charge in [-0.3, -0.25) is 4.79 Å². The van der Waals surface area contributed by atoms with E-state index >= 15 is 0 Å². The van der Waals surface area contributed by atoms with E-state index in [4.69, 9.17) is 4.74 Å².